The van der Waals surface area contributed by atoms with Crippen molar-refractivity contribution in [2.45, 2.75) is 18.0 Å². The number of hydrogen-bond acceptors (Lipinski definition) is 4. The third-order valence-corrected chi connectivity index (χ3v) is 6.10. The highest BCUT2D eigenvalue weighted by Gasteiger charge is 2.18. The summed E-state index contributed by atoms with van der Waals surface area (Å²) >= 11 is 6.01. The Balaban J connectivity index is 1.72. The first-order valence-electron chi connectivity index (χ1n) is 8.17. The molecule has 0 saturated carbocycles. The number of nitrogens with one attached hydrogen (secondary N) is 1. The lowest BCUT2D eigenvalue weighted by Crippen LogP contribution is -2.36. The summed E-state index contributed by atoms with van der Waals surface area (Å²) < 4.78 is 33.0. The monoisotopic (exact) mass is 380 g/mol. The second-order valence-corrected chi connectivity index (χ2v) is 8.05. The van der Waals surface area contributed by atoms with Crippen molar-refractivity contribution in [3.8, 4) is 0 Å². The van der Waals surface area contributed by atoms with E-state index in [9.17, 15) is 8.42 Å². The molecule has 0 amide bonds. The fourth-order valence-electron chi connectivity index (χ4n) is 2.80. The lowest BCUT2D eigenvalue weighted by Gasteiger charge is -2.27. The Bertz CT molecular complexity index is 821. The topological polar surface area (TPSA) is 58.6 Å². The van der Waals surface area contributed by atoms with Crippen LogP contribution in [-0.2, 0) is 27.8 Å². The molecule has 7 heteroatoms. The Labute approximate surface area is 153 Å². The van der Waals surface area contributed by atoms with Gasteiger partial charge < -0.3 is 4.74 Å². The minimum atomic E-state index is -3.65. The molecule has 1 aliphatic heterocycles. The quantitative estimate of drug-likeness (QED) is 0.837. The standard InChI is InChI=1S/C18H21ClN2O3S/c19-17-7-3-4-8-18(17)25(22,23)20-13-15-5-1-2-6-16(15)14-21-9-11-24-12-10-21/h1-8,20H,9-14H2. The van der Waals surface area contributed by atoms with Gasteiger partial charge in [0.1, 0.15) is 4.90 Å². The molecule has 1 fully saturated rings. The molecule has 0 radical (unpaired) electrons. The predicted molar refractivity (Wildman–Crippen MR) is 98.0 cm³/mol. The molecule has 1 aliphatic rings. The van der Waals surface area contributed by atoms with Crippen molar-refractivity contribution in [2.24, 2.45) is 0 Å². The molecule has 134 valence electrons. The summed E-state index contributed by atoms with van der Waals surface area (Å²) in [5, 5.41) is 0.219. The molecule has 1 saturated heterocycles. The van der Waals surface area contributed by atoms with Crippen LogP contribution in [0.15, 0.2) is 53.4 Å². The molecule has 3 rings (SSSR count). The molecule has 2 aromatic rings. The van der Waals surface area contributed by atoms with Gasteiger partial charge in [0.15, 0.2) is 0 Å². The molecule has 0 unspecified atom stereocenters. The van der Waals surface area contributed by atoms with Gasteiger partial charge in [0.25, 0.3) is 0 Å². The first-order valence-corrected chi connectivity index (χ1v) is 10.0. The summed E-state index contributed by atoms with van der Waals surface area (Å²) in [6, 6.07) is 14.3. The highest BCUT2D eigenvalue weighted by atomic mass is 35.5. The second-order valence-electron chi connectivity index (χ2n) is 5.91. The van der Waals surface area contributed by atoms with Gasteiger partial charge in [-0.15, -0.1) is 0 Å². The minimum Gasteiger partial charge on any atom is -0.379 e. The molecule has 0 spiro atoms. The maximum absolute atomic E-state index is 12.5. The van der Waals surface area contributed by atoms with Crippen LogP contribution in [0.25, 0.3) is 0 Å². The van der Waals surface area contributed by atoms with Crippen LogP contribution < -0.4 is 4.72 Å². The Morgan fingerprint density at radius 3 is 2.36 bits per heavy atom. The predicted octanol–water partition coefficient (Wildman–Crippen LogP) is 2.65. The summed E-state index contributed by atoms with van der Waals surface area (Å²) in [7, 11) is -3.65. The van der Waals surface area contributed by atoms with Gasteiger partial charge in [-0.2, -0.15) is 0 Å². The number of hydrogen-bond donors (Lipinski definition) is 1. The molecule has 0 aromatic heterocycles. The van der Waals surface area contributed by atoms with Crippen molar-refractivity contribution in [3.63, 3.8) is 0 Å². The van der Waals surface area contributed by atoms with Crippen LogP contribution in [0.1, 0.15) is 11.1 Å². The van der Waals surface area contributed by atoms with E-state index < -0.39 is 10.0 Å². The van der Waals surface area contributed by atoms with E-state index in [1.807, 2.05) is 24.3 Å². The number of benzene rings is 2. The average Bonchev–Trinajstić information content (AvgIpc) is 2.62. The molecule has 0 atom stereocenters. The van der Waals surface area contributed by atoms with Crippen molar-refractivity contribution in [2.75, 3.05) is 26.3 Å². The van der Waals surface area contributed by atoms with E-state index in [1.165, 1.54) is 6.07 Å². The molecule has 25 heavy (non-hydrogen) atoms. The first-order chi connectivity index (χ1) is 12.1. The van der Waals surface area contributed by atoms with Crippen molar-refractivity contribution >= 4 is 21.6 Å². The lowest BCUT2D eigenvalue weighted by atomic mass is 10.1. The van der Waals surface area contributed by atoms with Crippen molar-refractivity contribution in [1.29, 1.82) is 0 Å². The SMILES string of the molecule is O=S(=O)(NCc1ccccc1CN1CCOCC1)c1ccccc1Cl. The van der Waals surface area contributed by atoms with Gasteiger partial charge in [-0.25, -0.2) is 13.1 Å². The highest BCUT2D eigenvalue weighted by molar-refractivity contribution is 7.89. The molecule has 0 bridgehead atoms. The minimum absolute atomic E-state index is 0.0994. The van der Waals surface area contributed by atoms with Crippen LogP contribution in [0.5, 0.6) is 0 Å². The van der Waals surface area contributed by atoms with E-state index in [0.717, 1.165) is 44.0 Å². The van der Waals surface area contributed by atoms with Gasteiger partial charge in [-0.3, -0.25) is 4.90 Å². The number of sulfonamides is 1. The molecular weight excluding hydrogens is 360 g/mol. The smallest absolute Gasteiger partial charge is 0.242 e. The first kappa shape index (κ1) is 18.4. The fraction of sp³-hybridized carbons (Fsp3) is 0.333. The summed E-state index contributed by atoms with van der Waals surface area (Å²) in [6.07, 6.45) is 0. The Morgan fingerprint density at radius 1 is 1.00 bits per heavy atom. The number of halogens is 1. The van der Waals surface area contributed by atoms with Gasteiger partial charge in [0.05, 0.1) is 18.2 Å². The number of nitrogens with zero attached hydrogens (tertiary/aromatic N) is 1. The van der Waals surface area contributed by atoms with Crippen LogP contribution in [0.4, 0.5) is 0 Å². The third-order valence-electron chi connectivity index (χ3n) is 4.19. The normalized spacial score (nSPS) is 16.0. The maximum Gasteiger partial charge on any atom is 0.242 e. The molecular formula is C18H21ClN2O3S. The second kappa shape index (κ2) is 8.29. The zero-order valence-electron chi connectivity index (χ0n) is 13.8. The van der Waals surface area contributed by atoms with E-state index in [0.29, 0.717) is 0 Å². The van der Waals surface area contributed by atoms with E-state index in [1.54, 1.807) is 18.2 Å². The average molecular weight is 381 g/mol. The maximum atomic E-state index is 12.5. The Morgan fingerprint density at radius 2 is 1.64 bits per heavy atom. The van der Waals surface area contributed by atoms with Crippen molar-refractivity contribution < 1.29 is 13.2 Å². The summed E-state index contributed by atoms with van der Waals surface area (Å²) in [4.78, 5) is 2.41. The summed E-state index contributed by atoms with van der Waals surface area (Å²) in [5.41, 5.74) is 2.08. The third kappa shape index (κ3) is 4.80. The van der Waals surface area contributed by atoms with Gasteiger partial charge in [0.2, 0.25) is 10.0 Å². The largest absolute Gasteiger partial charge is 0.379 e. The van der Waals surface area contributed by atoms with Gasteiger partial charge in [-0.1, -0.05) is 48.0 Å². The molecule has 1 heterocycles. The van der Waals surface area contributed by atoms with Crippen LogP contribution in [0, 0.1) is 0 Å². The molecule has 5 nitrogen and oxygen atoms in total. The number of rotatable bonds is 6. The highest BCUT2D eigenvalue weighted by Crippen LogP contribution is 2.21. The van der Waals surface area contributed by atoms with Crippen LogP contribution in [0.2, 0.25) is 5.02 Å². The van der Waals surface area contributed by atoms with Crippen LogP contribution in [-0.4, -0.2) is 39.6 Å². The van der Waals surface area contributed by atoms with E-state index in [2.05, 4.69) is 9.62 Å². The van der Waals surface area contributed by atoms with Crippen molar-refractivity contribution in [1.82, 2.24) is 9.62 Å². The molecule has 0 aliphatic carbocycles. The number of morpholine rings is 1. The Hall–Kier alpha value is -1.44. The Kier molecular flexibility index (Phi) is 6.09. The molecule has 2 aromatic carbocycles. The van der Waals surface area contributed by atoms with Gasteiger partial charge in [0, 0.05) is 26.2 Å². The zero-order valence-corrected chi connectivity index (χ0v) is 15.4. The lowest BCUT2D eigenvalue weighted by molar-refractivity contribution is 0.0341. The number of ether oxygens (including phenoxy) is 1. The van der Waals surface area contributed by atoms with Crippen LogP contribution >= 0.6 is 11.6 Å². The molecule has 1 N–H and O–H groups in total. The summed E-state index contributed by atoms with van der Waals surface area (Å²) in [5.74, 6) is 0. The van der Waals surface area contributed by atoms with Crippen molar-refractivity contribution in [3.05, 3.63) is 64.7 Å². The van der Waals surface area contributed by atoms with Gasteiger partial charge >= 0.3 is 0 Å². The van der Waals surface area contributed by atoms with E-state index in [4.69, 9.17) is 16.3 Å². The summed E-state index contributed by atoms with van der Waals surface area (Å²) in [6.45, 7) is 4.27. The van der Waals surface area contributed by atoms with E-state index >= 15 is 0 Å². The van der Waals surface area contributed by atoms with Gasteiger partial charge in [-0.05, 0) is 23.3 Å². The fourth-order valence-corrected chi connectivity index (χ4v) is 4.32. The van der Waals surface area contributed by atoms with Crippen LogP contribution in [0.3, 0.4) is 0 Å². The van der Waals surface area contributed by atoms with E-state index in [-0.39, 0.29) is 16.5 Å². The zero-order chi connectivity index (χ0) is 17.7.